The second kappa shape index (κ2) is 9.56. The fraction of sp³-hybridized carbons (Fsp3) is 0.611. The lowest BCUT2D eigenvalue weighted by Crippen LogP contribution is -2.44. The molecule has 0 saturated heterocycles. The number of carbonyl (C=O) groups excluding carboxylic acids is 1. The maximum atomic E-state index is 12.6. The number of para-hydroxylation sites is 1. The van der Waals surface area contributed by atoms with Gasteiger partial charge in [0.25, 0.3) is 0 Å². The molecule has 0 bridgehead atoms. The molecule has 120 valence electrons. The normalized spacial score (nSPS) is 11.9. The van der Waals surface area contributed by atoms with E-state index < -0.39 is 0 Å². The zero-order valence-corrected chi connectivity index (χ0v) is 13.5. The highest BCUT2D eigenvalue weighted by Gasteiger charge is 2.23. The van der Waals surface area contributed by atoms with Crippen molar-refractivity contribution in [2.24, 2.45) is 0 Å². The van der Waals surface area contributed by atoms with Crippen LogP contribution in [0.25, 0.3) is 0 Å². The molecule has 1 aromatic carbocycles. The molecule has 0 spiro atoms. The molecule has 0 aliphatic carbocycles. The van der Waals surface area contributed by atoms with Gasteiger partial charge in [0.2, 0.25) is 5.91 Å². The molecule has 1 rings (SSSR count). The quantitative estimate of drug-likeness (QED) is 0.808. The number of carbonyl (C=O) groups is 1. The van der Waals surface area contributed by atoms with Gasteiger partial charge in [0, 0.05) is 5.69 Å². The third-order valence-corrected chi connectivity index (χ3v) is 3.78. The number of anilines is 1. The molecule has 0 fully saturated rings. The molecule has 1 aromatic rings. The van der Waals surface area contributed by atoms with Crippen molar-refractivity contribution in [3.05, 3.63) is 29.3 Å². The van der Waals surface area contributed by atoms with Gasteiger partial charge in [0.1, 0.15) is 0 Å². The van der Waals surface area contributed by atoms with Gasteiger partial charge in [0.05, 0.1) is 6.04 Å². The first-order valence-corrected chi connectivity index (χ1v) is 7.66. The Balaban J connectivity index is 0.00000400. The van der Waals surface area contributed by atoms with E-state index in [2.05, 4.69) is 31.0 Å². The second-order valence-corrected chi connectivity index (χ2v) is 5.31. The van der Waals surface area contributed by atoms with Crippen molar-refractivity contribution >= 4 is 11.6 Å². The van der Waals surface area contributed by atoms with Crippen molar-refractivity contribution in [2.45, 2.75) is 60.9 Å². The molecular formula is C18H32N2O. The molecule has 0 aliphatic rings. The van der Waals surface area contributed by atoms with Crippen molar-refractivity contribution in [1.29, 1.82) is 0 Å². The van der Waals surface area contributed by atoms with E-state index in [1.54, 1.807) is 0 Å². The molecule has 0 heterocycles. The molecule has 3 heteroatoms. The Morgan fingerprint density at radius 2 is 1.76 bits per heavy atom. The molecule has 0 aliphatic heterocycles. The SMILES string of the molecule is C.CCCN(CC)C(CC)C(=O)Nc1c(C)cccc1C. The van der Waals surface area contributed by atoms with Gasteiger partial charge in [-0.3, -0.25) is 9.69 Å². The Kier molecular flexibility index (Phi) is 8.95. The van der Waals surface area contributed by atoms with Crippen LogP contribution >= 0.6 is 0 Å². The minimum Gasteiger partial charge on any atom is -0.324 e. The van der Waals surface area contributed by atoms with E-state index in [-0.39, 0.29) is 19.4 Å². The third-order valence-electron chi connectivity index (χ3n) is 3.78. The smallest absolute Gasteiger partial charge is 0.241 e. The van der Waals surface area contributed by atoms with Crippen LogP contribution in [-0.2, 0) is 4.79 Å². The van der Waals surface area contributed by atoms with Gasteiger partial charge < -0.3 is 5.32 Å². The minimum absolute atomic E-state index is 0. The van der Waals surface area contributed by atoms with Crippen LogP contribution in [0.1, 0.15) is 52.2 Å². The Bertz CT molecular complexity index is 423. The van der Waals surface area contributed by atoms with Crippen LogP contribution in [-0.4, -0.2) is 29.9 Å². The van der Waals surface area contributed by atoms with Gasteiger partial charge in [0.15, 0.2) is 0 Å². The first kappa shape index (κ1) is 19.7. The lowest BCUT2D eigenvalue weighted by Gasteiger charge is -2.29. The number of benzene rings is 1. The van der Waals surface area contributed by atoms with Crippen molar-refractivity contribution in [3.8, 4) is 0 Å². The van der Waals surface area contributed by atoms with Crippen LogP contribution in [0.2, 0.25) is 0 Å². The van der Waals surface area contributed by atoms with Gasteiger partial charge in [-0.1, -0.05) is 46.4 Å². The Labute approximate surface area is 130 Å². The van der Waals surface area contributed by atoms with E-state index in [4.69, 9.17) is 0 Å². The summed E-state index contributed by atoms with van der Waals surface area (Å²) in [6.07, 6.45) is 1.91. The highest BCUT2D eigenvalue weighted by atomic mass is 16.2. The van der Waals surface area contributed by atoms with Crippen LogP contribution in [0.15, 0.2) is 18.2 Å². The highest BCUT2D eigenvalue weighted by Crippen LogP contribution is 2.20. The zero-order chi connectivity index (χ0) is 15.1. The Morgan fingerprint density at radius 1 is 1.19 bits per heavy atom. The molecular weight excluding hydrogens is 260 g/mol. The summed E-state index contributed by atoms with van der Waals surface area (Å²) < 4.78 is 0. The highest BCUT2D eigenvalue weighted by molar-refractivity contribution is 5.96. The molecule has 0 aromatic heterocycles. The average Bonchev–Trinajstić information content (AvgIpc) is 2.42. The summed E-state index contributed by atoms with van der Waals surface area (Å²) >= 11 is 0. The molecule has 3 nitrogen and oxygen atoms in total. The maximum absolute atomic E-state index is 12.6. The number of aryl methyl sites for hydroxylation is 2. The molecule has 21 heavy (non-hydrogen) atoms. The summed E-state index contributed by atoms with van der Waals surface area (Å²) in [6.45, 7) is 12.3. The van der Waals surface area contributed by atoms with E-state index in [0.29, 0.717) is 0 Å². The fourth-order valence-corrected chi connectivity index (χ4v) is 2.65. The van der Waals surface area contributed by atoms with Gasteiger partial charge in [-0.15, -0.1) is 0 Å². The zero-order valence-electron chi connectivity index (χ0n) is 13.5. The largest absolute Gasteiger partial charge is 0.324 e. The van der Waals surface area contributed by atoms with E-state index in [0.717, 1.165) is 42.7 Å². The standard InChI is InChI=1S/C17H28N2O.CH4/c1-6-12-19(8-3)15(7-2)17(20)18-16-13(4)10-9-11-14(16)5;/h9-11,15H,6-8,12H2,1-5H3,(H,18,20);1H4. The Hall–Kier alpha value is -1.35. The molecule has 0 saturated carbocycles. The summed E-state index contributed by atoms with van der Waals surface area (Å²) in [6, 6.07) is 6.05. The van der Waals surface area contributed by atoms with Gasteiger partial charge in [-0.2, -0.15) is 0 Å². The fourth-order valence-electron chi connectivity index (χ4n) is 2.65. The predicted molar refractivity (Wildman–Crippen MR) is 92.9 cm³/mol. The first-order valence-electron chi connectivity index (χ1n) is 7.66. The number of hydrogen-bond acceptors (Lipinski definition) is 2. The molecule has 1 unspecified atom stereocenters. The van der Waals surface area contributed by atoms with Gasteiger partial charge >= 0.3 is 0 Å². The summed E-state index contributed by atoms with van der Waals surface area (Å²) in [5.74, 6) is 0.111. The number of nitrogens with one attached hydrogen (secondary N) is 1. The lowest BCUT2D eigenvalue weighted by atomic mass is 10.1. The lowest BCUT2D eigenvalue weighted by molar-refractivity contribution is -0.121. The van der Waals surface area contributed by atoms with Crippen LogP contribution in [0.4, 0.5) is 5.69 Å². The van der Waals surface area contributed by atoms with Crippen LogP contribution in [0.3, 0.4) is 0 Å². The molecule has 0 radical (unpaired) electrons. The van der Waals surface area contributed by atoms with E-state index in [9.17, 15) is 4.79 Å². The molecule has 1 N–H and O–H groups in total. The Morgan fingerprint density at radius 3 is 2.19 bits per heavy atom. The number of hydrogen-bond donors (Lipinski definition) is 1. The summed E-state index contributed by atoms with van der Waals surface area (Å²) in [5, 5.41) is 3.12. The van der Waals surface area contributed by atoms with Crippen LogP contribution < -0.4 is 5.32 Å². The number of likely N-dealkylation sites (N-methyl/N-ethyl adjacent to an activating group) is 1. The van der Waals surface area contributed by atoms with Crippen molar-refractivity contribution in [3.63, 3.8) is 0 Å². The van der Waals surface area contributed by atoms with E-state index in [1.807, 2.05) is 32.0 Å². The number of rotatable bonds is 7. The summed E-state index contributed by atoms with van der Waals surface area (Å²) in [7, 11) is 0. The molecule has 1 amide bonds. The first-order chi connectivity index (χ1) is 9.54. The van der Waals surface area contributed by atoms with Gasteiger partial charge in [-0.05, 0) is 50.9 Å². The number of amides is 1. The summed E-state index contributed by atoms with van der Waals surface area (Å²) in [5.41, 5.74) is 3.20. The predicted octanol–water partition coefficient (Wildman–Crippen LogP) is 4.39. The summed E-state index contributed by atoms with van der Waals surface area (Å²) in [4.78, 5) is 14.8. The molecule has 1 atom stereocenters. The van der Waals surface area contributed by atoms with Gasteiger partial charge in [-0.25, -0.2) is 0 Å². The van der Waals surface area contributed by atoms with Crippen molar-refractivity contribution in [2.75, 3.05) is 18.4 Å². The van der Waals surface area contributed by atoms with Crippen molar-refractivity contribution in [1.82, 2.24) is 4.90 Å². The van der Waals surface area contributed by atoms with Crippen molar-refractivity contribution < 1.29 is 4.79 Å². The van der Waals surface area contributed by atoms with E-state index in [1.165, 1.54) is 0 Å². The van der Waals surface area contributed by atoms with E-state index >= 15 is 0 Å². The third kappa shape index (κ3) is 5.16. The average molecular weight is 292 g/mol. The monoisotopic (exact) mass is 292 g/mol. The second-order valence-electron chi connectivity index (χ2n) is 5.31. The minimum atomic E-state index is -0.0426. The van der Waals surface area contributed by atoms with Crippen LogP contribution in [0, 0.1) is 13.8 Å². The maximum Gasteiger partial charge on any atom is 0.241 e. The van der Waals surface area contributed by atoms with Crippen LogP contribution in [0.5, 0.6) is 0 Å². The number of nitrogens with zero attached hydrogens (tertiary/aromatic N) is 1. The topological polar surface area (TPSA) is 32.3 Å².